The molecule has 1 amide bonds. The van der Waals surface area contributed by atoms with Crippen LogP contribution in [0.2, 0.25) is 0 Å². The van der Waals surface area contributed by atoms with Crippen molar-refractivity contribution in [2.45, 2.75) is 24.8 Å². The van der Waals surface area contributed by atoms with Crippen LogP contribution in [0.3, 0.4) is 0 Å². The Morgan fingerprint density at radius 3 is 2.55 bits per heavy atom. The lowest BCUT2D eigenvalue weighted by Crippen LogP contribution is -2.40. The summed E-state index contributed by atoms with van der Waals surface area (Å²) in [5, 5.41) is 3.42. The first-order valence-electron chi connectivity index (χ1n) is 9.10. The number of nitrogens with zero attached hydrogens (tertiary/aromatic N) is 1. The molecule has 1 aromatic carbocycles. The second-order valence-corrected chi connectivity index (χ2v) is 9.63. The van der Waals surface area contributed by atoms with E-state index in [1.54, 1.807) is 25.5 Å². The number of pyridine rings is 1. The molecule has 1 atom stereocenters. The normalized spacial score (nSPS) is 16.6. The van der Waals surface area contributed by atoms with Gasteiger partial charge in [0.25, 0.3) is 11.5 Å². The van der Waals surface area contributed by atoms with Crippen molar-refractivity contribution in [1.82, 2.24) is 9.55 Å². The number of hydrogen-bond donors (Lipinski definition) is 2. The fourth-order valence-corrected chi connectivity index (χ4v) is 4.21. The molecule has 29 heavy (non-hydrogen) atoms. The van der Waals surface area contributed by atoms with Gasteiger partial charge in [-0.1, -0.05) is 13.8 Å². The van der Waals surface area contributed by atoms with Crippen LogP contribution in [0, 0.1) is 5.92 Å². The number of fused-ring (bicyclic) bond motifs is 2. The van der Waals surface area contributed by atoms with Gasteiger partial charge in [-0.15, -0.1) is 0 Å². The third kappa shape index (κ3) is 3.11. The Balaban J connectivity index is 2.08. The van der Waals surface area contributed by atoms with Gasteiger partial charge in [0, 0.05) is 42.2 Å². The number of aryl methyl sites for hydroxylation is 1. The number of carbonyl (C=O) groups is 1. The Morgan fingerprint density at radius 1 is 1.17 bits per heavy atom. The van der Waals surface area contributed by atoms with Crippen LogP contribution in [0.1, 0.15) is 13.8 Å². The Labute approximate surface area is 167 Å². The van der Waals surface area contributed by atoms with Gasteiger partial charge in [-0.25, -0.2) is 8.42 Å². The largest absolute Gasteiger partial charge is 0.477 e. The van der Waals surface area contributed by atoms with Crippen molar-refractivity contribution >= 4 is 32.3 Å². The van der Waals surface area contributed by atoms with E-state index >= 15 is 0 Å². The van der Waals surface area contributed by atoms with E-state index in [2.05, 4.69) is 10.3 Å². The number of aromatic amines is 1. The van der Waals surface area contributed by atoms with Crippen molar-refractivity contribution in [2.75, 3.05) is 11.6 Å². The summed E-state index contributed by atoms with van der Waals surface area (Å²) in [5.74, 6) is -0.0220. The van der Waals surface area contributed by atoms with Gasteiger partial charge in [0.15, 0.2) is 21.7 Å². The maximum absolute atomic E-state index is 12.4. The number of anilines is 1. The summed E-state index contributed by atoms with van der Waals surface area (Å²) in [4.78, 5) is 27.8. The average Bonchev–Trinajstić information content (AvgIpc) is 3.12. The zero-order chi connectivity index (χ0) is 21.1. The van der Waals surface area contributed by atoms with Crippen molar-refractivity contribution in [2.24, 2.45) is 13.0 Å². The molecule has 3 aromatic rings. The van der Waals surface area contributed by atoms with Gasteiger partial charge in [0.2, 0.25) is 0 Å². The van der Waals surface area contributed by atoms with Gasteiger partial charge in [-0.3, -0.25) is 9.59 Å². The minimum absolute atomic E-state index is 0.0516. The Kier molecular flexibility index (Phi) is 4.30. The van der Waals surface area contributed by atoms with E-state index < -0.39 is 15.9 Å². The summed E-state index contributed by atoms with van der Waals surface area (Å²) in [7, 11) is -1.93. The Morgan fingerprint density at radius 2 is 1.90 bits per heavy atom. The number of benzene rings is 1. The van der Waals surface area contributed by atoms with Crippen molar-refractivity contribution in [3.63, 3.8) is 0 Å². The second-order valence-electron chi connectivity index (χ2n) is 7.62. The lowest BCUT2D eigenvalue weighted by Gasteiger charge is -2.30. The number of rotatable bonds is 3. The van der Waals surface area contributed by atoms with Crippen molar-refractivity contribution in [3.05, 3.63) is 40.9 Å². The van der Waals surface area contributed by atoms with Crippen LogP contribution in [0.5, 0.6) is 5.75 Å². The quantitative estimate of drug-likeness (QED) is 0.682. The van der Waals surface area contributed by atoms with E-state index in [1.165, 1.54) is 16.7 Å². The minimum Gasteiger partial charge on any atom is -0.477 e. The van der Waals surface area contributed by atoms with Gasteiger partial charge < -0.3 is 19.6 Å². The van der Waals surface area contributed by atoms with Crippen molar-refractivity contribution in [1.29, 1.82) is 0 Å². The summed E-state index contributed by atoms with van der Waals surface area (Å²) in [6, 6.07) is 4.68. The molecule has 0 fully saturated rings. The van der Waals surface area contributed by atoms with Crippen LogP contribution in [0.4, 0.5) is 5.69 Å². The van der Waals surface area contributed by atoms with Crippen LogP contribution in [-0.2, 0) is 21.7 Å². The maximum atomic E-state index is 12.4. The molecule has 4 rings (SSSR count). The molecule has 0 saturated carbocycles. The highest BCUT2D eigenvalue weighted by molar-refractivity contribution is 7.90. The third-order valence-electron chi connectivity index (χ3n) is 5.04. The molecule has 1 aliphatic heterocycles. The SMILES string of the molecule is CC(C)[C@@H]1Oc2c(cc(S(C)(=O)=O)cc2-c2cn(C)c(=O)c3[nH]ccc23)NC1=O. The number of aromatic nitrogens is 2. The molecule has 0 unspecified atom stereocenters. The fraction of sp³-hybridized carbons (Fsp3) is 0.300. The zero-order valence-electron chi connectivity index (χ0n) is 16.4. The van der Waals surface area contributed by atoms with Crippen molar-refractivity contribution < 1.29 is 17.9 Å². The number of ether oxygens (including phenoxy) is 1. The number of H-pyrrole nitrogens is 1. The lowest BCUT2D eigenvalue weighted by molar-refractivity contribution is -0.125. The molecule has 152 valence electrons. The van der Waals surface area contributed by atoms with Crippen LogP contribution < -0.4 is 15.6 Å². The van der Waals surface area contributed by atoms with Crippen LogP contribution >= 0.6 is 0 Å². The van der Waals surface area contributed by atoms with E-state index in [4.69, 9.17) is 4.74 Å². The van der Waals surface area contributed by atoms with E-state index in [0.717, 1.165) is 6.26 Å². The first-order chi connectivity index (χ1) is 13.6. The third-order valence-corrected chi connectivity index (χ3v) is 6.13. The average molecular weight is 415 g/mol. The molecule has 0 saturated heterocycles. The molecule has 8 nitrogen and oxygen atoms in total. The zero-order valence-corrected chi connectivity index (χ0v) is 17.3. The number of amides is 1. The smallest absolute Gasteiger partial charge is 0.274 e. The highest BCUT2D eigenvalue weighted by Crippen LogP contribution is 2.44. The van der Waals surface area contributed by atoms with Gasteiger partial charge in [0.05, 0.1) is 10.6 Å². The summed E-state index contributed by atoms with van der Waals surface area (Å²) in [5.41, 5.74) is 1.62. The van der Waals surface area contributed by atoms with Crippen molar-refractivity contribution in [3.8, 4) is 16.9 Å². The highest BCUT2D eigenvalue weighted by Gasteiger charge is 2.33. The molecule has 3 heterocycles. The highest BCUT2D eigenvalue weighted by atomic mass is 32.2. The standard InChI is InChI=1S/C20H21N3O5S/c1-10(2)17-19(24)22-15-8-11(29(4,26)27)7-13(18(15)28-17)14-9-23(3)20(25)16-12(14)5-6-21-16/h5-10,17,21H,1-4H3,(H,22,24)/t17-/m0/s1. The number of nitrogens with one attached hydrogen (secondary N) is 2. The summed E-state index contributed by atoms with van der Waals surface area (Å²) < 4.78 is 32.0. The molecule has 1 aliphatic rings. The van der Waals surface area contributed by atoms with Gasteiger partial charge in [-0.05, 0) is 24.1 Å². The number of sulfone groups is 1. The van der Waals surface area contributed by atoms with Crippen LogP contribution in [-0.4, -0.2) is 36.2 Å². The summed E-state index contributed by atoms with van der Waals surface area (Å²) >= 11 is 0. The van der Waals surface area contributed by atoms with E-state index in [0.29, 0.717) is 33.5 Å². The van der Waals surface area contributed by atoms with Gasteiger partial charge in [0.1, 0.15) is 5.52 Å². The molecule has 9 heteroatoms. The predicted molar refractivity (Wildman–Crippen MR) is 110 cm³/mol. The maximum Gasteiger partial charge on any atom is 0.274 e. The Bertz CT molecular complexity index is 1320. The first kappa shape index (κ1) is 19.3. The minimum atomic E-state index is -3.56. The van der Waals surface area contributed by atoms with E-state index in [9.17, 15) is 18.0 Å². The van der Waals surface area contributed by atoms with Gasteiger partial charge in [-0.2, -0.15) is 0 Å². The molecule has 0 aliphatic carbocycles. The molecular weight excluding hydrogens is 394 g/mol. The molecule has 0 spiro atoms. The summed E-state index contributed by atoms with van der Waals surface area (Å²) in [6.07, 6.45) is 3.69. The fourth-order valence-electron chi connectivity index (χ4n) is 3.54. The molecular formula is C20H21N3O5S. The molecule has 0 radical (unpaired) electrons. The van der Waals surface area contributed by atoms with Crippen LogP contribution in [0.25, 0.3) is 22.0 Å². The first-order valence-corrected chi connectivity index (χ1v) is 11.0. The second kappa shape index (κ2) is 6.48. The molecule has 2 N–H and O–H groups in total. The van der Waals surface area contributed by atoms with E-state index in [-0.39, 0.29) is 22.3 Å². The molecule has 0 bridgehead atoms. The Hall–Kier alpha value is -3.07. The molecule has 2 aromatic heterocycles. The predicted octanol–water partition coefficient (Wildman–Crippen LogP) is 2.29. The number of carbonyl (C=O) groups excluding carboxylic acids is 1. The van der Waals surface area contributed by atoms with E-state index in [1.807, 2.05) is 13.8 Å². The summed E-state index contributed by atoms with van der Waals surface area (Å²) in [6.45, 7) is 3.74. The number of hydrogen-bond acceptors (Lipinski definition) is 5. The van der Waals surface area contributed by atoms with Crippen LogP contribution in [0.15, 0.2) is 40.3 Å². The topological polar surface area (TPSA) is 110 Å². The monoisotopic (exact) mass is 415 g/mol. The lowest BCUT2D eigenvalue weighted by atomic mass is 9.99. The van der Waals surface area contributed by atoms with Gasteiger partial charge >= 0.3 is 0 Å².